The summed E-state index contributed by atoms with van der Waals surface area (Å²) in [5.74, 6) is -4.44. The second kappa shape index (κ2) is 9.23. The lowest BCUT2D eigenvalue weighted by atomic mass is 10.0. The molecule has 4 rings (SSSR count). The number of halogens is 2. The summed E-state index contributed by atoms with van der Waals surface area (Å²) in [5, 5.41) is 12.1. The Morgan fingerprint density at radius 2 is 2.00 bits per heavy atom. The monoisotopic (exact) mass is 463 g/mol. The highest BCUT2D eigenvalue weighted by Crippen LogP contribution is 2.31. The van der Waals surface area contributed by atoms with Crippen molar-refractivity contribution in [2.24, 2.45) is 0 Å². The molecular weight excluding hydrogens is 444 g/mol. The molecule has 10 heteroatoms. The second-order valence-corrected chi connectivity index (χ2v) is 7.86. The fraction of sp³-hybridized carbons (Fsp3) is 0.208. The molecule has 2 aromatic heterocycles. The molecule has 0 radical (unpaired) electrons. The van der Waals surface area contributed by atoms with Crippen molar-refractivity contribution < 1.29 is 18.4 Å². The highest BCUT2D eigenvalue weighted by molar-refractivity contribution is 6.07. The van der Waals surface area contributed by atoms with Gasteiger partial charge in [-0.05, 0) is 35.4 Å². The zero-order valence-corrected chi connectivity index (χ0v) is 17.8. The van der Waals surface area contributed by atoms with E-state index in [1.54, 1.807) is 42.6 Å². The lowest BCUT2D eigenvalue weighted by molar-refractivity contribution is -0.131. The average molecular weight is 463 g/mol. The number of alkyl halides is 2. The number of amides is 2. The molecule has 3 heterocycles. The van der Waals surface area contributed by atoms with E-state index in [2.05, 4.69) is 15.3 Å². The van der Waals surface area contributed by atoms with Crippen LogP contribution in [0.1, 0.15) is 27.9 Å². The molecule has 0 bridgehead atoms. The molecule has 0 saturated carbocycles. The van der Waals surface area contributed by atoms with E-state index in [-0.39, 0.29) is 11.1 Å². The third-order valence-electron chi connectivity index (χ3n) is 5.43. The van der Waals surface area contributed by atoms with Crippen LogP contribution in [0.15, 0.2) is 53.6 Å². The van der Waals surface area contributed by atoms with Gasteiger partial charge in [0, 0.05) is 30.3 Å². The van der Waals surface area contributed by atoms with Gasteiger partial charge in [-0.15, -0.1) is 0 Å². The summed E-state index contributed by atoms with van der Waals surface area (Å²) in [7, 11) is 0. The Morgan fingerprint density at radius 3 is 2.74 bits per heavy atom. The van der Waals surface area contributed by atoms with Gasteiger partial charge in [0.2, 0.25) is 11.5 Å². The summed E-state index contributed by atoms with van der Waals surface area (Å²) in [6, 6.07) is 10.4. The predicted molar refractivity (Wildman–Crippen MR) is 121 cm³/mol. The number of carbonyl (C=O) groups excluding carboxylic acids is 2. The standard InChI is InChI=1S/C24H19F2N5O3/c25-24(26)10-17(11-27)31(14-24)22(33)13-30-23(34)18-7-8-28-20-5-3-15(9-19(18)20)1-2-16-4-6-21(32)29-12-16/h1-9,12,17H,10,13-14H2,(H,29,32)(H,30,34). The Kier molecular flexibility index (Phi) is 6.19. The second-order valence-electron chi connectivity index (χ2n) is 7.86. The van der Waals surface area contributed by atoms with Crippen molar-refractivity contribution in [3.63, 3.8) is 0 Å². The molecule has 1 saturated heterocycles. The van der Waals surface area contributed by atoms with Crippen LogP contribution in [0.4, 0.5) is 8.78 Å². The highest BCUT2D eigenvalue weighted by atomic mass is 19.3. The fourth-order valence-electron chi connectivity index (χ4n) is 3.73. The van der Waals surface area contributed by atoms with E-state index in [0.717, 1.165) is 16.0 Å². The maximum absolute atomic E-state index is 13.6. The van der Waals surface area contributed by atoms with Crippen LogP contribution in [0.5, 0.6) is 0 Å². The van der Waals surface area contributed by atoms with Gasteiger partial charge in [0.15, 0.2) is 0 Å². The van der Waals surface area contributed by atoms with E-state index in [1.165, 1.54) is 18.3 Å². The van der Waals surface area contributed by atoms with Gasteiger partial charge in [0.1, 0.15) is 6.04 Å². The smallest absolute Gasteiger partial charge is 0.268 e. The first-order valence-corrected chi connectivity index (χ1v) is 10.4. The minimum absolute atomic E-state index is 0.204. The Morgan fingerprint density at radius 1 is 1.24 bits per heavy atom. The summed E-state index contributed by atoms with van der Waals surface area (Å²) in [5.41, 5.74) is 2.17. The fourth-order valence-corrected chi connectivity index (χ4v) is 3.73. The largest absolute Gasteiger partial charge is 0.343 e. The molecule has 34 heavy (non-hydrogen) atoms. The Labute approximate surface area is 192 Å². The van der Waals surface area contributed by atoms with Crippen molar-refractivity contribution in [2.45, 2.75) is 18.4 Å². The molecule has 1 aliphatic heterocycles. The molecule has 1 unspecified atom stereocenters. The number of nitrogens with one attached hydrogen (secondary N) is 2. The summed E-state index contributed by atoms with van der Waals surface area (Å²) < 4.78 is 27.2. The zero-order chi connectivity index (χ0) is 24.3. The molecule has 0 aliphatic carbocycles. The molecule has 2 amide bonds. The molecule has 172 valence electrons. The summed E-state index contributed by atoms with van der Waals surface area (Å²) >= 11 is 0. The van der Waals surface area contributed by atoms with Crippen molar-refractivity contribution in [1.29, 1.82) is 5.26 Å². The summed E-state index contributed by atoms with van der Waals surface area (Å²) in [4.78, 5) is 44.0. The lowest BCUT2D eigenvalue weighted by Gasteiger charge is -2.19. The van der Waals surface area contributed by atoms with Crippen molar-refractivity contribution in [3.8, 4) is 6.07 Å². The van der Waals surface area contributed by atoms with Gasteiger partial charge in [-0.3, -0.25) is 19.4 Å². The lowest BCUT2D eigenvalue weighted by Crippen LogP contribution is -2.43. The van der Waals surface area contributed by atoms with Crippen molar-refractivity contribution in [2.75, 3.05) is 13.1 Å². The van der Waals surface area contributed by atoms with E-state index >= 15 is 0 Å². The van der Waals surface area contributed by atoms with Gasteiger partial charge >= 0.3 is 0 Å². The number of fused-ring (bicyclic) bond motifs is 1. The van der Waals surface area contributed by atoms with Gasteiger partial charge in [-0.1, -0.05) is 18.2 Å². The Hall–Kier alpha value is -4.39. The van der Waals surface area contributed by atoms with Gasteiger partial charge in [0.05, 0.1) is 30.2 Å². The van der Waals surface area contributed by atoms with Crippen molar-refractivity contribution >= 4 is 34.9 Å². The first kappa shape index (κ1) is 22.8. The topological polar surface area (TPSA) is 119 Å². The molecule has 1 fully saturated rings. The van der Waals surface area contributed by atoms with Crippen LogP contribution in [-0.2, 0) is 4.79 Å². The number of nitrogens with zero attached hydrogens (tertiary/aromatic N) is 3. The molecule has 3 aromatic rings. The number of rotatable bonds is 5. The van der Waals surface area contributed by atoms with Crippen LogP contribution >= 0.6 is 0 Å². The number of likely N-dealkylation sites (tertiary alicyclic amines) is 1. The maximum atomic E-state index is 13.6. The normalized spacial score (nSPS) is 17.1. The number of carbonyl (C=O) groups is 2. The highest BCUT2D eigenvalue weighted by Gasteiger charge is 2.47. The average Bonchev–Trinajstić information content (AvgIpc) is 3.16. The number of hydrogen-bond acceptors (Lipinski definition) is 5. The molecular formula is C24H19F2N5O3. The number of H-pyrrole nitrogens is 1. The zero-order valence-electron chi connectivity index (χ0n) is 17.8. The number of nitriles is 1. The molecule has 8 nitrogen and oxygen atoms in total. The molecule has 0 spiro atoms. The van der Waals surface area contributed by atoms with Crippen molar-refractivity contribution in [3.05, 3.63) is 75.8 Å². The number of hydrogen-bond donors (Lipinski definition) is 2. The van der Waals surface area contributed by atoms with Crippen LogP contribution in [-0.4, -0.2) is 51.7 Å². The van der Waals surface area contributed by atoms with Gasteiger partial charge in [0.25, 0.3) is 11.8 Å². The number of pyridine rings is 2. The first-order chi connectivity index (χ1) is 16.3. The van der Waals surface area contributed by atoms with E-state index in [0.29, 0.717) is 10.9 Å². The quantitative estimate of drug-likeness (QED) is 0.603. The molecule has 2 N–H and O–H groups in total. The number of aromatic amines is 1. The van der Waals surface area contributed by atoms with E-state index in [1.807, 2.05) is 6.07 Å². The Bertz CT molecular complexity index is 1370. The van der Waals surface area contributed by atoms with Gasteiger partial charge in [-0.25, -0.2) is 8.78 Å². The minimum Gasteiger partial charge on any atom is -0.343 e. The predicted octanol–water partition coefficient (Wildman–Crippen LogP) is 2.58. The first-order valence-electron chi connectivity index (χ1n) is 10.4. The van der Waals surface area contributed by atoms with Crippen LogP contribution in [0.3, 0.4) is 0 Å². The summed E-state index contributed by atoms with van der Waals surface area (Å²) in [6.07, 6.45) is 5.92. The van der Waals surface area contributed by atoms with Gasteiger partial charge < -0.3 is 15.2 Å². The number of benzene rings is 1. The van der Waals surface area contributed by atoms with Crippen LogP contribution in [0.2, 0.25) is 0 Å². The molecule has 1 aliphatic rings. The van der Waals surface area contributed by atoms with E-state index < -0.39 is 43.3 Å². The van der Waals surface area contributed by atoms with Crippen molar-refractivity contribution in [1.82, 2.24) is 20.2 Å². The Balaban J connectivity index is 1.50. The SMILES string of the molecule is N#CC1CC(F)(F)CN1C(=O)CNC(=O)c1ccnc2ccc(C=Cc3ccc(=O)[nH]c3)cc12. The van der Waals surface area contributed by atoms with E-state index in [9.17, 15) is 23.2 Å². The van der Waals surface area contributed by atoms with Crippen LogP contribution in [0, 0.1) is 11.3 Å². The third-order valence-corrected chi connectivity index (χ3v) is 5.43. The number of aromatic nitrogens is 2. The molecule has 1 aromatic carbocycles. The summed E-state index contributed by atoms with van der Waals surface area (Å²) in [6.45, 7) is -1.36. The minimum atomic E-state index is -3.12. The van der Waals surface area contributed by atoms with E-state index in [4.69, 9.17) is 5.26 Å². The molecule has 1 atom stereocenters. The maximum Gasteiger partial charge on any atom is 0.268 e. The van der Waals surface area contributed by atoms with Crippen LogP contribution < -0.4 is 10.9 Å². The van der Waals surface area contributed by atoms with Crippen LogP contribution in [0.25, 0.3) is 23.1 Å². The van der Waals surface area contributed by atoms with Gasteiger partial charge in [-0.2, -0.15) is 5.26 Å². The third kappa shape index (κ3) is 4.99.